The minimum absolute atomic E-state index is 0.0444. The number of amides is 1. The highest BCUT2D eigenvalue weighted by molar-refractivity contribution is 6.04. The lowest BCUT2D eigenvalue weighted by Gasteiger charge is -2.12. The number of carboxylic acids is 1. The first-order chi connectivity index (χ1) is 8.18. The topological polar surface area (TPSA) is 66.4 Å². The zero-order chi connectivity index (χ0) is 12.3. The fourth-order valence-corrected chi connectivity index (χ4v) is 2.02. The van der Waals surface area contributed by atoms with Gasteiger partial charge in [-0.05, 0) is 31.4 Å². The predicted molar refractivity (Wildman–Crippen MR) is 62.8 cm³/mol. The van der Waals surface area contributed by atoms with E-state index >= 15 is 0 Å². The Morgan fingerprint density at radius 2 is 1.94 bits per heavy atom. The summed E-state index contributed by atoms with van der Waals surface area (Å²) < 4.78 is 0. The summed E-state index contributed by atoms with van der Waals surface area (Å²) in [6.45, 7) is 0. The maximum Gasteiger partial charge on any atom is 0.336 e. The fourth-order valence-electron chi connectivity index (χ4n) is 2.02. The Morgan fingerprint density at radius 1 is 1.24 bits per heavy atom. The Labute approximate surface area is 99.6 Å². The van der Waals surface area contributed by atoms with Gasteiger partial charge < -0.3 is 10.4 Å². The first-order valence-electron chi connectivity index (χ1n) is 5.65. The second-order valence-corrected chi connectivity index (χ2v) is 4.10. The second kappa shape index (κ2) is 4.99. The van der Waals surface area contributed by atoms with Crippen LogP contribution in [0.15, 0.2) is 24.3 Å². The van der Waals surface area contributed by atoms with Gasteiger partial charge in [-0.3, -0.25) is 4.79 Å². The van der Waals surface area contributed by atoms with Gasteiger partial charge in [-0.15, -0.1) is 0 Å². The summed E-state index contributed by atoms with van der Waals surface area (Å²) in [5, 5.41) is 11.8. The van der Waals surface area contributed by atoms with Crippen LogP contribution in [0, 0.1) is 6.42 Å². The first-order valence-corrected chi connectivity index (χ1v) is 5.65. The van der Waals surface area contributed by atoms with E-state index in [0.29, 0.717) is 0 Å². The number of aromatic carboxylic acids is 1. The lowest BCUT2D eigenvalue weighted by molar-refractivity contribution is 0.0690. The molecule has 89 valence electrons. The van der Waals surface area contributed by atoms with Crippen LogP contribution in [-0.2, 0) is 0 Å². The Bertz CT molecular complexity index is 436. The van der Waals surface area contributed by atoms with E-state index in [1.54, 1.807) is 12.1 Å². The lowest BCUT2D eigenvalue weighted by Crippen LogP contribution is -2.33. The molecule has 1 fully saturated rings. The zero-order valence-electron chi connectivity index (χ0n) is 9.35. The van der Waals surface area contributed by atoms with Crippen molar-refractivity contribution in [2.24, 2.45) is 0 Å². The van der Waals surface area contributed by atoms with Gasteiger partial charge in [0.1, 0.15) is 0 Å². The van der Waals surface area contributed by atoms with Crippen molar-refractivity contribution in [1.29, 1.82) is 0 Å². The van der Waals surface area contributed by atoms with Crippen LogP contribution in [0.5, 0.6) is 0 Å². The Morgan fingerprint density at radius 3 is 2.53 bits per heavy atom. The lowest BCUT2D eigenvalue weighted by atomic mass is 10.1. The van der Waals surface area contributed by atoms with E-state index in [1.807, 2.05) is 0 Å². The maximum absolute atomic E-state index is 11.9. The zero-order valence-corrected chi connectivity index (χ0v) is 9.35. The summed E-state index contributed by atoms with van der Waals surface area (Å²) in [4.78, 5) is 22.9. The summed E-state index contributed by atoms with van der Waals surface area (Å²) in [5.74, 6) is -1.39. The molecule has 0 aliphatic heterocycles. The summed E-state index contributed by atoms with van der Waals surface area (Å²) >= 11 is 0. The molecule has 0 aromatic heterocycles. The SMILES string of the molecule is O=C(O)c1ccccc1C(=O)NC1[CH]CCC1. The van der Waals surface area contributed by atoms with Crippen molar-refractivity contribution in [3.05, 3.63) is 41.8 Å². The molecule has 4 nitrogen and oxygen atoms in total. The van der Waals surface area contributed by atoms with Gasteiger partial charge in [-0.25, -0.2) is 4.79 Å². The van der Waals surface area contributed by atoms with Crippen LogP contribution in [-0.4, -0.2) is 23.0 Å². The summed E-state index contributed by atoms with van der Waals surface area (Å²) in [7, 11) is 0. The van der Waals surface area contributed by atoms with Crippen LogP contribution in [0.25, 0.3) is 0 Å². The van der Waals surface area contributed by atoms with Crippen LogP contribution >= 0.6 is 0 Å². The first kappa shape index (κ1) is 11.6. The van der Waals surface area contributed by atoms with Crippen molar-refractivity contribution < 1.29 is 14.7 Å². The van der Waals surface area contributed by atoms with Crippen molar-refractivity contribution >= 4 is 11.9 Å². The van der Waals surface area contributed by atoms with Gasteiger partial charge in [0.2, 0.25) is 0 Å². The van der Waals surface area contributed by atoms with E-state index < -0.39 is 5.97 Å². The van der Waals surface area contributed by atoms with Gasteiger partial charge in [-0.2, -0.15) is 0 Å². The fraction of sp³-hybridized carbons (Fsp3) is 0.308. The monoisotopic (exact) mass is 232 g/mol. The summed E-state index contributed by atoms with van der Waals surface area (Å²) in [6.07, 6.45) is 5.07. The molecule has 1 amide bonds. The Balaban J connectivity index is 2.15. The molecule has 1 unspecified atom stereocenters. The van der Waals surface area contributed by atoms with E-state index in [4.69, 9.17) is 5.11 Å². The van der Waals surface area contributed by atoms with Gasteiger partial charge in [-0.1, -0.05) is 18.6 Å². The third kappa shape index (κ3) is 2.64. The van der Waals surface area contributed by atoms with E-state index in [0.717, 1.165) is 19.3 Å². The van der Waals surface area contributed by atoms with Gasteiger partial charge >= 0.3 is 5.97 Å². The molecule has 1 aromatic rings. The molecule has 1 aliphatic carbocycles. The molecule has 0 spiro atoms. The smallest absolute Gasteiger partial charge is 0.336 e. The average molecular weight is 232 g/mol. The number of hydrogen-bond acceptors (Lipinski definition) is 2. The summed E-state index contributed by atoms with van der Waals surface area (Å²) in [5.41, 5.74) is 0.267. The van der Waals surface area contributed by atoms with Gasteiger partial charge in [0.05, 0.1) is 11.1 Å². The van der Waals surface area contributed by atoms with E-state index in [1.165, 1.54) is 12.1 Å². The van der Waals surface area contributed by atoms with Crippen molar-refractivity contribution in [2.75, 3.05) is 0 Å². The van der Waals surface area contributed by atoms with E-state index in [-0.39, 0.29) is 23.1 Å². The molecule has 1 saturated carbocycles. The van der Waals surface area contributed by atoms with Crippen molar-refractivity contribution in [3.8, 4) is 0 Å². The molecule has 17 heavy (non-hydrogen) atoms. The minimum atomic E-state index is -1.08. The van der Waals surface area contributed by atoms with Crippen LogP contribution < -0.4 is 5.32 Å². The molecule has 2 rings (SSSR count). The highest BCUT2D eigenvalue weighted by Crippen LogP contribution is 2.17. The molecule has 2 N–H and O–H groups in total. The molecular weight excluding hydrogens is 218 g/mol. The Hall–Kier alpha value is -1.84. The average Bonchev–Trinajstić information content (AvgIpc) is 2.81. The molecular formula is C13H14NO3. The van der Waals surface area contributed by atoms with Crippen molar-refractivity contribution in [1.82, 2.24) is 5.32 Å². The van der Waals surface area contributed by atoms with Gasteiger partial charge in [0, 0.05) is 6.04 Å². The van der Waals surface area contributed by atoms with Crippen LogP contribution in [0.1, 0.15) is 40.0 Å². The third-order valence-electron chi connectivity index (χ3n) is 2.89. The predicted octanol–water partition coefficient (Wildman–Crippen LogP) is 1.87. The molecule has 1 aliphatic rings. The summed E-state index contributed by atoms with van der Waals surface area (Å²) in [6, 6.07) is 6.33. The molecule has 0 heterocycles. The Kier molecular flexibility index (Phi) is 3.42. The molecule has 1 atom stereocenters. The molecule has 0 saturated heterocycles. The quantitative estimate of drug-likeness (QED) is 0.836. The normalized spacial score (nSPS) is 15.8. The maximum atomic E-state index is 11.9. The number of benzene rings is 1. The number of rotatable bonds is 3. The molecule has 1 aromatic carbocycles. The van der Waals surface area contributed by atoms with Crippen LogP contribution in [0.2, 0.25) is 0 Å². The highest BCUT2D eigenvalue weighted by Gasteiger charge is 2.21. The minimum Gasteiger partial charge on any atom is -0.478 e. The highest BCUT2D eigenvalue weighted by atomic mass is 16.4. The molecule has 4 heteroatoms. The molecule has 1 radical (unpaired) electrons. The van der Waals surface area contributed by atoms with Crippen LogP contribution in [0.4, 0.5) is 0 Å². The van der Waals surface area contributed by atoms with Crippen molar-refractivity contribution in [3.63, 3.8) is 0 Å². The third-order valence-corrected chi connectivity index (χ3v) is 2.89. The number of carboxylic acid groups (broad SMARTS) is 1. The van der Waals surface area contributed by atoms with Crippen molar-refractivity contribution in [2.45, 2.75) is 25.3 Å². The number of nitrogens with one attached hydrogen (secondary N) is 1. The van der Waals surface area contributed by atoms with Crippen LogP contribution in [0.3, 0.4) is 0 Å². The largest absolute Gasteiger partial charge is 0.478 e. The standard InChI is InChI=1S/C13H14NO3/c15-12(14-9-5-1-2-6-9)10-7-3-4-8-11(10)13(16)17/h3-5,7-9H,1-2,6H2,(H,14,15)(H,16,17). The van der Waals surface area contributed by atoms with Gasteiger partial charge in [0.25, 0.3) is 5.91 Å². The number of carbonyl (C=O) groups is 2. The van der Waals surface area contributed by atoms with Gasteiger partial charge in [0.15, 0.2) is 0 Å². The second-order valence-electron chi connectivity index (χ2n) is 4.10. The van der Waals surface area contributed by atoms with E-state index in [2.05, 4.69) is 11.7 Å². The molecule has 0 bridgehead atoms. The number of carbonyl (C=O) groups excluding carboxylic acids is 1. The van der Waals surface area contributed by atoms with E-state index in [9.17, 15) is 9.59 Å². The number of hydrogen-bond donors (Lipinski definition) is 2.